The van der Waals surface area contributed by atoms with Crippen molar-refractivity contribution in [3.8, 4) is 17.0 Å². The molecule has 170 valence electrons. The molecule has 0 radical (unpaired) electrons. The molecule has 1 fully saturated rings. The van der Waals surface area contributed by atoms with E-state index in [0.29, 0.717) is 22.1 Å². The minimum Gasteiger partial charge on any atom is -0.441 e. The van der Waals surface area contributed by atoms with Crippen molar-refractivity contribution >= 4 is 38.8 Å². The summed E-state index contributed by atoms with van der Waals surface area (Å²) in [5, 5.41) is 11.6. The first-order valence-corrected chi connectivity index (χ1v) is 11.6. The van der Waals surface area contributed by atoms with E-state index in [4.69, 9.17) is 9.40 Å². The van der Waals surface area contributed by atoms with Crippen LogP contribution in [-0.4, -0.2) is 43.7 Å². The number of benzene rings is 1. The van der Waals surface area contributed by atoms with Crippen LogP contribution in [-0.2, 0) is 4.79 Å². The molecule has 0 unspecified atom stereocenters. The fourth-order valence-corrected chi connectivity index (χ4v) is 4.87. The predicted octanol–water partition coefficient (Wildman–Crippen LogP) is 4.26. The van der Waals surface area contributed by atoms with Crippen LogP contribution in [0, 0.1) is 12.3 Å². The number of nitrogens with zero attached hydrogens (tertiary/aromatic N) is 5. The first-order chi connectivity index (χ1) is 15.9. The summed E-state index contributed by atoms with van der Waals surface area (Å²) in [6.45, 7) is 3.83. The molecule has 2 atom stereocenters. The third-order valence-corrected chi connectivity index (χ3v) is 6.83. The van der Waals surface area contributed by atoms with E-state index in [1.807, 2.05) is 38.1 Å². The Balaban J connectivity index is 1.42. The maximum atomic E-state index is 12.2. The predicted molar refractivity (Wildman–Crippen MR) is 128 cm³/mol. The zero-order valence-corrected chi connectivity index (χ0v) is 20.2. The highest BCUT2D eigenvalue weighted by molar-refractivity contribution is 9.10. The number of carbonyl (C=O) groups is 1. The third-order valence-electron chi connectivity index (χ3n) is 6.25. The lowest BCUT2D eigenvalue weighted by atomic mass is 9.87. The topological polar surface area (TPSA) is 111 Å². The number of carbonyl (C=O) groups excluding carboxylic acids is 1. The van der Waals surface area contributed by atoms with Crippen LogP contribution in [0.4, 0.5) is 5.95 Å². The van der Waals surface area contributed by atoms with E-state index >= 15 is 0 Å². The molecule has 3 aromatic heterocycles. The number of rotatable bonds is 5. The zero-order chi connectivity index (χ0) is 23.2. The molecule has 1 amide bonds. The Labute approximate surface area is 199 Å². The molecule has 1 aromatic carbocycles. The summed E-state index contributed by atoms with van der Waals surface area (Å²) in [4.78, 5) is 25.6. The average molecular weight is 510 g/mol. The van der Waals surface area contributed by atoms with Crippen molar-refractivity contribution in [2.75, 3.05) is 12.4 Å². The summed E-state index contributed by atoms with van der Waals surface area (Å²) in [7, 11) is 1.68. The van der Waals surface area contributed by atoms with Gasteiger partial charge in [0.1, 0.15) is 4.60 Å². The largest absolute Gasteiger partial charge is 0.441 e. The lowest BCUT2D eigenvalue weighted by Gasteiger charge is -2.22. The molecule has 0 aliphatic heterocycles. The van der Waals surface area contributed by atoms with Crippen molar-refractivity contribution in [2.45, 2.75) is 39.2 Å². The van der Waals surface area contributed by atoms with Crippen LogP contribution in [0.15, 0.2) is 45.7 Å². The summed E-state index contributed by atoms with van der Waals surface area (Å²) in [5.41, 5.74) is 2.12. The zero-order valence-electron chi connectivity index (χ0n) is 18.6. The van der Waals surface area contributed by atoms with E-state index in [2.05, 4.69) is 41.6 Å². The fraction of sp³-hybridized carbons (Fsp3) is 0.348. The van der Waals surface area contributed by atoms with Gasteiger partial charge >= 0.3 is 0 Å². The number of fused-ring (bicyclic) bond motifs is 1. The third kappa shape index (κ3) is 3.99. The minimum absolute atomic E-state index is 0.0779. The number of hydrogen-bond acceptors (Lipinski definition) is 7. The van der Waals surface area contributed by atoms with Gasteiger partial charge in [0.15, 0.2) is 17.3 Å². The van der Waals surface area contributed by atoms with Crippen LogP contribution in [0.1, 0.15) is 32.1 Å². The van der Waals surface area contributed by atoms with Gasteiger partial charge in [-0.3, -0.25) is 4.79 Å². The Hall–Kier alpha value is -3.27. The normalized spacial score (nSPS) is 20.3. The van der Waals surface area contributed by atoms with E-state index in [-0.39, 0.29) is 17.4 Å². The second-order valence-corrected chi connectivity index (χ2v) is 9.40. The monoisotopic (exact) mass is 509 g/mol. The molecule has 3 heterocycles. The Morgan fingerprint density at radius 3 is 2.73 bits per heavy atom. The number of aromatic nitrogens is 5. The molecular formula is C23H24BrN7O2. The maximum Gasteiger partial charge on any atom is 0.225 e. The van der Waals surface area contributed by atoms with E-state index in [9.17, 15) is 4.79 Å². The van der Waals surface area contributed by atoms with Gasteiger partial charge in [-0.1, -0.05) is 6.92 Å². The lowest BCUT2D eigenvalue weighted by molar-refractivity contribution is -0.129. The van der Waals surface area contributed by atoms with Crippen molar-refractivity contribution in [1.82, 2.24) is 30.0 Å². The average Bonchev–Trinajstić information content (AvgIpc) is 3.51. The van der Waals surface area contributed by atoms with E-state index < -0.39 is 0 Å². The minimum atomic E-state index is -0.370. The lowest BCUT2D eigenvalue weighted by Crippen LogP contribution is -2.35. The molecule has 1 aliphatic rings. The standard InChI is InChI=1S/C23H24BrN7O2/c1-13-26-12-18(33-13)14-4-6-16(7-5-14)31-20-17(19(24)30-31)11-27-22(29-20)28-15-8-9-23(2,10-15)21(32)25-3/h4-7,11-12,15H,8-10H2,1-3H3,(H,25,32)(H,27,28,29)/t15-,23-/m1/s1. The first-order valence-electron chi connectivity index (χ1n) is 10.8. The molecule has 4 aromatic rings. The van der Waals surface area contributed by atoms with Gasteiger partial charge in [-0.25, -0.2) is 14.6 Å². The second-order valence-electron chi connectivity index (χ2n) is 8.65. The molecule has 9 nitrogen and oxygen atoms in total. The van der Waals surface area contributed by atoms with Crippen molar-refractivity contribution in [2.24, 2.45) is 5.41 Å². The second kappa shape index (κ2) is 8.26. The molecule has 0 spiro atoms. The van der Waals surface area contributed by atoms with E-state index in [1.54, 1.807) is 24.1 Å². The van der Waals surface area contributed by atoms with Crippen molar-refractivity contribution in [3.05, 3.63) is 47.2 Å². The summed E-state index contributed by atoms with van der Waals surface area (Å²) in [6.07, 6.45) is 5.92. The number of amides is 1. The van der Waals surface area contributed by atoms with Crippen molar-refractivity contribution in [1.29, 1.82) is 0 Å². The highest BCUT2D eigenvalue weighted by atomic mass is 79.9. The summed E-state index contributed by atoms with van der Waals surface area (Å²) in [5.74, 6) is 1.95. The summed E-state index contributed by atoms with van der Waals surface area (Å²) >= 11 is 3.52. The first kappa shape index (κ1) is 21.6. The summed E-state index contributed by atoms with van der Waals surface area (Å²) in [6, 6.07) is 8.00. The molecular weight excluding hydrogens is 486 g/mol. The fourth-order valence-electron chi connectivity index (χ4n) is 4.43. The molecule has 0 saturated heterocycles. The highest BCUT2D eigenvalue weighted by Gasteiger charge is 2.40. The Kier molecular flexibility index (Phi) is 5.40. The maximum absolute atomic E-state index is 12.2. The van der Waals surface area contributed by atoms with Crippen LogP contribution in [0.25, 0.3) is 28.0 Å². The molecule has 10 heteroatoms. The van der Waals surface area contributed by atoms with E-state index in [0.717, 1.165) is 41.7 Å². The Morgan fingerprint density at radius 2 is 2.03 bits per heavy atom. The number of halogens is 1. The molecule has 2 N–H and O–H groups in total. The van der Waals surface area contributed by atoms with Crippen LogP contribution in [0.2, 0.25) is 0 Å². The smallest absolute Gasteiger partial charge is 0.225 e. The van der Waals surface area contributed by atoms with Gasteiger partial charge in [0, 0.05) is 37.2 Å². The molecule has 33 heavy (non-hydrogen) atoms. The number of nitrogens with one attached hydrogen (secondary N) is 2. The molecule has 1 aliphatic carbocycles. The van der Waals surface area contributed by atoms with Crippen LogP contribution in [0.5, 0.6) is 0 Å². The Morgan fingerprint density at radius 1 is 1.24 bits per heavy atom. The van der Waals surface area contributed by atoms with Crippen LogP contribution < -0.4 is 10.6 Å². The van der Waals surface area contributed by atoms with Gasteiger partial charge in [0.05, 0.1) is 17.3 Å². The number of hydrogen-bond donors (Lipinski definition) is 2. The number of anilines is 1. The SMILES string of the molecule is CNC(=O)[C@]1(C)CC[C@@H](Nc2ncc3c(Br)nn(-c4ccc(-c5cnc(C)o5)cc4)c3n2)C1. The van der Waals surface area contributed by atoms with Crippen molar-refractivity contribution in [3.63, 3.8) is 0 Å². The van der Waals surface area contributed by atoms with Crippen LogP contribution in [0.3, 0.4) is 0 Å². The van der Waals surface area contributed by atoms with Crippen LogP contribution >= 0.6 is 15.9 Å². The van der Waals surface area contributed by atoms with Gasteiger partial charge in [-0.2, -0.15) is 10.1 Å². The Bertz CT molecular complexity index is 1330. The summed E-state index contributed by atoms with van der Waals surface area (Å²) < 4.78 is 8.07. The molecule has 5 rings (SSSR count). The highest BCUT2D eigenvalue weighted by Crippen LogP contribution is 2.39. The van der Waals surface area contributed by atoms with Gasteiger partial charge in [0.2, 0.25) is 11.9 Å². The molecule has 0 bridgehead atoms. The van der Waals surface area contributed by atoms with Crippen molar-refractivity contribution < 1.29 is 9.21 Å². The van der Waals surface area contributed by atoms with Gasteiger partial charge in [0.25, 0.3) is 0 Å². The van der Waals surface area contributed by atoms with Gasteiger partial charge < -0.3 is 15.1 Å². The number of oxazole rings is 1. The molecule has 1 saturated carbocycles. The van der Waals surface area contributed by atoms with E-state index in [1.165, 1.54) is 0 Å². The quantitative estimate of drug-likeness (QED) is 0.413. The number of aryl methyl sites for hydroxylation is 1. The van der Waals surface area contributed by atoms with Gasteiger partial charge in [-0.05, 0) is 59.5 Å². The van der Waals surface area contributed by atoms with Gasteiger partial charge in [-0.15, -0.1) is 0 Å².